The van der Waals surface area contributed by atoms with Crippen LogP contribution in [-0.2, 0) is 0 Å². The van der Waals surface area contributed by atoms with E-state index in [1.165, 1.54) is 38.5 Å². The molecule has 2 aromatic rings. The first-order chi connectivity index (χ1) is 9.74. The van der Waals surface area contributed by atoms with Crippen LogP contribution in [0.4, 0.5) is 11.4 Å². The van der Waals surface area contributed by atoms with Gasteiger partial charge in [-0.1, -0.05) is 41.6 Å². The van der Waals surface area contributed by atoms with Crippen LogP contribution in [0.15, 0.2) is 28.9 Å². The molecule has 1 saturated carbocycles. The lowest BCUT2D eigenvalue weighted by Gasteiger charge is -2.20. The van der Waals surface area contributed by atoms with Gasteiger partial charge in [0.15, 0.2) is 0 Å². The summed E-state index contributed by atoms with van der Waals surface area (Å²) in [5, 5.41) is 4.77. The monoisotopic (exact) mass is 333 g/mol. The number of nitrogens with two attached hydrogens (primary N) is 1. The van der Waals surface area contributed by atoms with Gasteiger partial charge >= 0.3 is 0 Å². The number of hydrogen-bond donors (Lipinski definition) is 2. The van der Waals surface area contributed by atoms with Crippen molar-refractivity contribution in [3.05, 3.63) is 28.9 Å². The maximum Gasteiger partial charge on any atom is 0.0743 e. The molecule has 0 atom stereocenters. The Kier molecular flexibility index (Phi) is 4.10. The van der Waals surface area contributed by atoms with Gasteiger partial charge in [-0.25, -0.2) is 0 Å². The summed E-state index contributed by atoms with van der Waals surface area (Å²) in [6, 6.07) is 6.67. The standard InChI is InChI=1S/C16H20BrN3/c17-11-7-8-15-13(9-11)16(14(18)10-19-15)20-12-5-3-1-2-4-6-12/h7-10,12H,1-6,18H2,(H,19,20). The molecule has 1 aliphatic carbocycles. The third-order valence-electron chi connectivity index (χ3n) is 4.06. The SMILES string of the molecule is Nc1cnc2ccc(Br)cc2c1NC1CCCCCC1. The molecule has 0 unspecified atom stereocenters. The number of rotatable bonds is 2. The average Bonchev–Trinajstić information content (AvgIpc) is 2.71. The first-order valence-electron chi connectivity index (χ1n) is 7.34. The van der Waals surface area contributed by atoms with Gasteiger partial charge in [0.05, 0.1) is 23.1 Å². The van der Waals surface area contributed by atoms with Gasteiger partial charge in [-0.05, 0) is 31.0 Å². The third-order valence-corrected chi connectivity index (χ3v) is 4.56. The van der Waals surface area contributed by atoms with Crippen molar-refractivity contribution < 1.29 is 0 Å². The van der Waals surface area contributed by atoms with E-state index in [1.54, 1.807) is 6.20 Å². The number of pyridine rings is 1. The number of halogens is 1. The van der Waals surface area contributed by atoms with Crippen molar-refractivity contribution >= 4 is 38.2 Å². The van der Waals surface area contributed by atoms with Crippen LogP contribution in [0.1, 0.15) is 38.5 Å². The summed E-state index contributed by atoms with van der Waals surface area (Å²) in [5.41, 5.74) is 8.92. The van der Waals surface area contributed by atoms with E-state index in [2.05, 4.69) is 32.3 Å². The maximum atomic E-state index is 6.15. The fraction of sp³-hybridized carbons (Fsp3) is 0.438. The fourth-order valence-electron chi connectivity index (χ4n) is 2.97. The van der Waals surface area contributed by atoms with Crippen molar-refractivity contribution in [3.8, 4) is 0 Å². The molecule has 0 amide bonds. The summed E-state index contributed by atoms with van der Waals surface area (Å²) in [4.78, 5) is 4.41. The highest BCUT2D eigenvalue weighted by Gasteiger charge is 2.15. The Morgan fingerprint density at radius 2 is 1.90 bits per heavy atom. The Balaban J connectivity index is 1.96. The van der Waals surface area contributed by atoms with Gasteiger partial charge < -0.3 is 11.1 Å². The summed E-state index contributed by atoms with van der Waals surface area (Å²) in [7, 11) is 0. The summed E-state index contributed by atoms with van der Waals surface area (Å²) in [6.45, 7) is 0. The average molecular weight is 334 g/mol. The molecule has 0 spiro atoms. The van der Waals surface area contributed by atoms with Gasteiger partial charge in [-0.2, -0.15) is 0 Å². The minimum absolute atomic E-state index is 0.532. The molecule has 1 heterocycles. The topological polar surface area (TPSA) is 50.9 Å². The minimum Gasteiger partial charge on any atom is -0.396 e. The zero-order valence-electron chi connectivity index (χ0n) is 11.5. The van der Waals surface area contributed by atoms with Crippen LogP contribution in [0.3, 0.4) is 0 Å². The van der Waals surface area contributed by atoms with E-state index in [4.69, 9.17) is 5.73 Å². The van der Waals surface area contributed by atoms with E-state index in [9.17, 15) is 0 Å². The highest BCUT2D eigenvalue weighted by molar-refractivity contribution is 9.10. The molecule has 1 aromatic carbocycles. The molecular formula is C16H20BrN3. The lowest BCUT2D eigenvalue weighted by Crippen LogP contribution is -2.19. The van der Waals surface area contributed by atoms with Gasteiger partial charge in [0, 0.05) is 15.9 Å². The molecule has 1 aromatic heterocycles. The minimum atomic E-state index is 0.532. The van der Waals surface area contributed by atoms with E-state index in [1.807, 2.05) is 12.1 Å². The molecule has 0 aliphatic heterocycles. The van der Waals surface area contributed by atoms with Gasteiger partial charge in [0.1, 0.15) is 0 Å². The number of aromatic nitrogens is 1. The van der Waals surface area contributed by atoms with Crippen LogP contribution in [0.25, 0.3) is 10.9 Å². The molecule has 0 bridgehead atoms. The number of benzene rings is 1. The molecule has 1 aliphatic rings. The van der Waals surface area contributed by atoms with Crippen LogP contribution in [-0.4, -0.2) is 11.0 Å². The molecule has 20 heavy (non-hydrogen) atoms. The predicted molar refractivity (Wildman–Crippen MR) is 89.0 cm³/mol. The van der Waals surface area contributed by atoms with Crippen molar-refractivity contribution in [2.75, 3.05) is 11.1 Å². The molecule has 0 radical (unpaired) electrons. The van der Waals surface area contributed by atoms with Crippen LogP contribution in [0.5, 0.6) is 0 Å². The van der Waals surface area contributed by atoms with Gasteiger partial charge in [-0.3, -0.25) is 4.98 Å². The summed E-state index contributed by atoms with van der Waals surface area (Å²) in [5.74, 6) is 0. The molecule has 0 saturated heterocycles. The molecule has 3 rings (SSSR count). The van der Waals surface area contributed by atoms with Gasteiger partial charge in [-0.15, -0.1) is 0 Å². The van der Waals surface area contributed by atoms with Gasteiger partial charge in [0.25, 0.3) is 0 Å². The van der Waals surface area contributed by atoms with Crippen molar-refractivity contribution in [3.63, 3.8) is 0 Å². The fourth-order valence-corrected chi connectivity index (χ4v) is 3.33. The Labute approximate surface area is 128 Å². The number of nitrogens with one attached hydrogen (secondary N) is 1. The van der Waals surface area contributed by atoms with E-state index in [0.717, 1.165) is 26.8 Å². The Bertz CT molecular complexity index is 599. The third kappa shape index (κ3) is 2.90. The molecular weight excluding hydrogens is 314 g/mol. The maximum absolute atomic E-state index is 6.15. The quantitative estimate of drug-likeness (QED) is 0.782. The predicted octanol–water partition coefficient (Wildman–Crippen LogP) is 4.71. The highest BCUT2D eigenvalue weighted by Crippen LogP contribution is 2.32. The number of fused-ring (bicyclic) bond motifs is 1. The lowest BCUT2D eigenvalue weighted by atomic mass is 10.1. The Morgan fingerprint density at radius 1 is 1.15 bits per heavy atom. The molecule has 3 N–H and O–H groups in total. The van der Waals surface area contributed by atoms with Gasteiger partial charge in [0.2, 0.25) is 0 Å². The first-order valence-corrected chi connectivity index (χ1v) is 8.13. The zero-order chi connectivity index (χ0) is 13.9. The normalized spacial score (nSPS) is 17.1. The van der Waals surface area contributed by atoms with Crippen LogP contribution < -0.4 is 11.1 Å². The summed E-state index contributed by atoms with van der Waals surface area (Å²) in [6.07, 6.45) is 9.56. The van der Waals surface area contributed by atoms with E-state index < -0.39 is 0 Å². The second-order valence-electron chi connectivity index (χ2n) is 5.58. The molecule has 106 valence electrons. The van der Waals surface area contributed by atoms with Crippen molar-refractivity contribution in [2.24, 2.45) is 0 Å². The molecule has 4 heteroatoms. The molecule has 1 fully saturated rings. The second-order valence-corrected chi connectivity index (χ2v) is 6.50. The lowest BCUT2D eigenvalue weighted by molar-refractivity contribution is 0.621. The van der Waals surface area contributed by atoms with Crippen LogP contribution >= 0.6 is 15.9 Å². The largest absolute Gasteiger partial charge is 0.396 e. The van der Waals surface area contributed by atoms with Crippen molar-refractivity contribution in [1.82, 2.24) is 4.98 Å². The smallest absolute Gasteiger partial charge is 0.0743 e. The van der Waals surface area contributed by atoms with Crippen LogP contribution in [0.2, 0.25) is 0 Å². The first kappa shape index (κ1) is 13.7. The number of hydrogen-bond acceptors (Lipinski definition) is 3. The van der Waals surface area contributed by atoms with E-state index in [-0.39, 0.29) is 0 Å². The zero-order valence-corrected chi connectivity index (χ0v) is 13.1. The highest BCUT2D eigenvalue weighted by atomic mass is 79.9. The second kappa shape index (κ2) is 6.00. The van der Waals surface area contributed by atoms with Crippen molar-refractivity contribution in [1.29, 1.82) is 0 Å². The van der Waals surface area contributed by atoms with E-state index >= 15 is 0 Å². The summed E-state index contributed by atoms with van der Waals surface area (Å²) < 4.78 is 1.06. The molecule has 3 nitrogen and oxygen atoms in total. The Morgan fingerprint density at radius 3 is 2.65 bits per heavy atom. The van der Waals surface area contributed by atoms with E-state index in [0.29, 0.717) is 6.04 Å². The number of anilines is 2. The van der Waals surface area contributed by atoms with Crippen LogP contribution in [0, 0.1) is 0 Å². The number of nitrogen functional groups attached to an aromatic ring is 1. The summed E-state index contributed by atoms with van der Waals surface area (Å²) >= 11 is 3.53. The number of nitrogens with zero attached hydrogens (tertiary/aromatic N) is 1. The van der Waals surface area contributed by atoms with Crippen molar-refractivity contribution in [2.45, 2.75) is 44.6 Å². The Hall–Kier alpha value is -1.29.